The number of amidine groups is 1. The second kappa shape index (κ2) is 3.39. The highest BCUT2D eigenvalue weighted by Gasteiger charge is 1.87. The molecule has 0 amide bonds. The fraction of sp³-hybridized carbons (Fsp3) is 0.667. The van der Waals surface area contributed by atoms with E-state index < -0.39 is 6.67 Å². The van der Waals surface area contributed by atoms with Crippen molar-refractivity contribution in [3.05, 3.63) is 0 Å². The topological polar surface area (TPSA) is 58.6 Å². The minimum absolute atomic E-state index is 0.0104. The standard InChI is InChI=1S/C3H7FN2O/c4-2-1-3(5)6-7/h7H,1-2H2,(H2,5,6). The van der Waals surface area contributed by atoms with E-state index >= 15 is 0 Å². The van der Waals surface area contributed by atoms with Crippen LogP contribution in [0.4, 0.5) is 4.39 Å². The van der Waals surface area contributed by atoms with Crippen molar-refractivity contribution in [3.63, 3.8) is 0 Å². The van der Waals surface area contributed by atoms with Crippen LogP contribution in [0.1, 0.15) is 6.42 Å². The second-order valence-electron chi connectivity index (χ2n) is 1.03. The molecule has 3 N–H and O–H groups in total. The largest absolute Gasteiger partial charge is 0.409 e. The summed E-state index contributed by atoms with van der Waals surface area (Å²) in [6, 6.07) is 0. The van der Waals surface area contributed by atoms with Gasteiger partial charge >= 0.3 is 0 Å². The van der Waals surface area contributed by atoms with Crippen molar-refractivity contribution in [2.24, 2.45) is 10.9 Å². The lowest BCUT2D eigenvalue weighted by atomic mass is 10.4. The zero-order valence-electron chi connectivity index (χ0n) is 3.76. The van der Waals surface area contributed by atoms with Crippen molar-refractivity contribution in [2.75, 3.05) is 6.67 Å². The van der Waals surface area contributed by atoms with Crippen LogP contribution in [0.2, 0.25) is 0 Å². The summed E-state index contributed by atoms with van der Waals surface area (Å²) in [7, 11) is 0. The third-order valence-electron chi connectivity index (χ3n) is 0.479. The Hall–Kier alpha value is -0.800. The molecule has 3 nitrogen and oxygen atoms in total. The minimum atomic E-state index is -0.574. The number of halogens is 1. The Bertz CT molecular complexity index is 73.3. The van der Waals surface area contributed by atoms with Gasteiger partial charge in [0, 0.05) is 6.42 Å². The van der Waals surface area contributed by atoms with Crippen LogP contribution < -0.4 is 5.73 Å². The quantitative estimate of drug-likeness (QED) is 0.227. The SMILES string of the molecule is NC(CCF)=NO. The molecular formula is C3H7FN2O. The van der Waals surface area contributed by atoms with E-state index in [1.807, 2.05) is 0 Å². The van der Waals surface area contributed by atoms with E-state index in [2.05, 4.69) is 5.16 Å². The summed E-state index contributed by atoms with van der Waals surface area (Å²) >= 11 is 0. The molecule has 0 saturated carbocycles. The van der Waals surface area contributed by atoms with Crippen LogP contribution in [0, 0.1) is 0 Å². The predicted octanol–water partition coefficient (Wildman–Crippen LogP) is 0.0924. The molecule has 42 valence electrons. The second-order valence-corrected chi connectivity index (χ2v) is 1.03. The Labute approximate surface area is 40.6 Å². The van der Waals surface area contributed by atoms with Crippen molar-refractivity contribution in [3.8, 4) is 0 Å². The molecule has 0 saturated heterocycles. The summed E-state index contributed by atoms with van der Waals surface area (Å²) in [5, 5.41) is 10.3. The number of hydrogen-bond acceptors (Lipinski definition) is 2. The zero-order chi connectivity index (χ0) is 5.70. The summed E-state index contributed by atoms with van der Waals surface area (Å²) in [6.07, 6.45) is 0.0104. The Balaban J connectivity index is 3.17. The summed E-state index contributed by atoms with van der Waals surface area (Å²) < 4.78 is 11.2. The predicted molar refractivity (Wildman–Crippen MR) is 24.0 cm³/mol. The van der Waals surface area contributed by atoms with E-state index in [4.69, 9.17) is 10.9 Å². The first-order valence-corrected chi connectivity index (χ1v) is 1.83. The van der Waals surface area contributed by atoms with Crippen LogP contribution >= 0.6 is 0 Å². The lowest BCUT2D eigenvalue weighted by Gasteiger charge is -1.86. The highest BCUT2D eigenvalue weighted by Crippen LogP contribution is 1.77. The Morgan fingerprint density at radius 1 is 1.86 bits per heavy atom. The van der Waals surface area contributed by atoms with Gasteiger partial charge in [0.25, 0.3) is 0 Å². The van der Waals surface area contributed by atoms with Crippen LogP contribution in [0.25, 0.3) is 0 Å². The smallest absolute Gasteiger partial charge is 0.141 e. The molecule has 4 heteroatoms. The Morgan fingerprint density at radius 2 is 2.43 bits per heavy atom. The monoisotopic (exact) mass is 106 g/mol. The maximum Gasteiger partial charge on any atom is 0.141 e. The first-order valence-electron chi connectivity index (χ1n) is 1.83. The fourth-order valence-corrected chi connectivity index (χ4v) is 0.147. The average Bonchev–Trinajstić information content (AvgIpc) is 1.68. The summed E-state index contributed by atoms with van der Waals surface area (Å²) in [5.74, 6) is -0.0671. The van der Waals surface area contributed by atoms with Crippen LogP contribution in [0.5, 0.6) is 0 Å². The summed E-state index contributed by atoms with van der Waals surface area (Å²) in [6.45, 7) is -0.574. The number of nitrogens with zero attached hydrogens (tertiary/aromatic N) is 1. The number of alkyl halides is 1. The maximum atomic E-state index is 11.2. The molecule has 0 heterocycles. The fourth-order valence-electron chi connectivity index (χ4n) is 0.147. The van der Waals surface area contributed by atoms with Gasteiger partial charge in [-0.3, -0.25) is 4.39 Å². The molecule has 0 atom stereocenters. The van der Waals surface area contributed by atoms with Crippen molar-refractivity contribution < 1.29 is 9.60 Å². The van der Waals surface area contributed by atoms with Gasteiger partial charge in [-0.2, -0.15) is 0 Å². The van der Waals surface area contributed by atoms with Crippen LogP contribution in [0.3, 0.4) is 0 Å². The molecule has 0 aromatic carbocycles. The van der Waals surface area contributed by atoms with Crippen molar-refractivity contribution in [2.45, 2.75) is 6.42 Å². The first-order chi connectivity index (χ1) is 3.31. The van der Waals surface area contributed by atoms with Gasteiger partial charge in [-0.05, 0) is 0 Å². The molecule has 0 unspecified atom stereocenters. The van der Waals surface area contributed by atoms with E-state index in [0.717, 1.165) is 0 Å². The minimum Gasteiger partial charge on any atom is -0.409 e. The highest BCUT2D eigenvalue weighted by atomic mass is 19.1. The van der Waals surface area contributed by atoms with Gasteiger partial charge in [0.15, 0.2) is 0 Å². The van der Waals surface area contributed by atoms with Gasteiger partial charge in [0.05, 0.1) is 6.67 Å². The first kappa shape index (κ1) is 6.20. The lowest BCUT2D eigenvalue weighted by molar-refractivity contribution is 0.315. The number of hydrogen-bond donors (Lipinski definition) is 2. The van der Waals surface area contributed by atoms with Gasteiger partial charge in [0.1, 0.15) is 5.84 Å². The number of nitrogens with two attached hydrogens (primary N) is 1. The van der Waals surface area contributed by atoms with Crippen molar-refractivity contribution >= 4 is 5.84 Å². The molecule has 0 radical (unpaired) electrons. The average molecular weight is 106 g/mol. The molecule has 0 bridgehead atoms. The van der Waals surface area contributed by atoms with Crippen LogP contribution in [0.15, 0.2) is 5.16 Å². The lowest BCUT2D eigenvalue weighted by Crippen LogP contribution is -2.11. The molecule has 0 aliphatic heterocycles. The van der Waals surface area contributed by atoms with E-state index in [-0.39, 0.29) is 12.3 Å². The van der Waals surface area contributed by atoms with E-state index in [1.54, 1.807) is 0 Å². The molecule has 7 heavy (non-hydrogen) atoms. The molecule has 0 rings (SSSR count). The van der Waals surface area contributed by atoms with Crippen molar-refractivity contribution in [1.29, 1.82) is 0 Å². The molecule has 0 aliphatic rings. The third kappa shape index (κ3) is 3.02. The molecule has 0 aromatic heterocycles. The normalized spacial score (nSPS) is 11.9. The van der Waals surface area contributed by atoms with Crippen LogP contribution in [-0.4, -0.2) is 17.7 Å². The molecule has 0 aliphatic carbocycles. The summed E-state index contributed by atoms with van der Waals surface area (Å²) in [4.78, 5) is 0. The Kier molecular flexibility index (Phi) is 3.00. The van der Waals surface area contributed by atoms with Gasteiger partial charge in [-0.1, -0.05) is 5.16 Å². The Morgan fingerprint density at radius 3 is 2.57 bits per heavy atom. The van der Waals surface area contributed by atoms with Crippen LogP contribution in [-0.2, 0) is 0 Å². The van der Waals surface area contributed by atoms with Gasteiger partial charge in [-0.25, -0.2) is 0 Å². The van der Waals surface area contributed by atoms with E-state index in [9.17, 15) is 4.39 Å². The molecule has 0 spiro atoms. The third-order valence-corrected chi connectivity index (χ3v) is 0.479. The van der Waals surface area contributed by atoms with Crippen molar-refractivity contribution in [1.82, 2.24) is 0 Å². The number of oxime groups is 1. The zero-order valence-corrected chi connectivity index (χ0v) is 3.76. The van der Waals surface area contributed by atoms with E-state index in [0.29, 0.717) is 0 Å². The number of rotatable bonds is 2. The van der Waals surface area contributed by atoms with E-state index in [1.165, 1.54) is 0 Å². The molecule has 0 aromatic rings. The molecular weight excluding hydrogens is 99.0 g/mol. The molecule has 0 fully saturated rings. The highest BCUT2D eigenvalue weighted by molar-refractivity contribution is 5.79. The van der Waals surface area contributed by atoms with Gasteiger partial charge in [-0.15, -0.1) is 0 Å². The maximum absolute atomic E-state index is 11.2. The van der Waals surface area contributed by atoms with Gasteiger partial charge in [0.2, 0.25) is 0 Å². The van der Waals surface area contributed by atoms with Gasteiger partial charge < -0.3 is 10.9 Å². The summed E-state index contributed by atoms with van der Waals surface area (Å²) in [5.41, 5.74) is 4.84.